The Morgan fingerprint density at radius 3 is 2.37 bits per heavy atom. The van der Waals surface area contributed by atoms with E-state index in [1.165, 1.54) is 30.3 Å². The maximum Gasteiger partial charge on any atom is 0.417 e. The summed E-state index contributed by atoms with van der Waals surface area (Å²) in [7, 11) is 0. The van der Waals surface area contributed by atoms with Crippen LogP contribution in [0.4, 0.5) is 29.1 Å². The van der Waals surface area contributed by atoms with Gasteiger partial charge in [-0.2, -0.15) is 13.2 Å². The van der Waals surface area contributed by atoms with E-state index in [9.17, 15) is 22.4 Å². The summed E-state index contributed by atoms with van der Waals surface area (Å²) in [5, 5.41) is 5.51. The number of amides is 1. The highest BCUT2D eigenvalue weighted by Crippen LogP contribution is 2.29. The summed E-state index contributed by atoms with van der Waals surface area (Å²) in [5.41, 5.74) is 0.201. The number of carbonyl (C=O) groups is 1. The van der Waals surface area contributed by atoms with Crippen molar-refractivity contribution in [1.82, 2.24) is 4.98 Å². The van der Waals surface area contributed by atoms with Crippen LogP contribution in [0.25, 0.3) is 0 Å². The van der Waals surface area contributed by atoms with Gasteiger partial charge < -0.3 is 10.6 Å². The van der Waals surface area contributed by atoms with Gasteiger partial charge in [-0.25, -0.2) is 9.37 Å². The Labute approximate surface area is 154 Å². The molecule has 8 heteroatoms. The number of nitrogens with zero attached hydrogens (tertiary/aromatic N) is 1. The number of allylic oxidation sites excluding steroid dienone is 1. The molecule has 0 spiro atoms. The Kier molecular flexibility index (Phi) is 6.55. The van der Waals surface area contributed by atoms with Crippen LogP contribution in [0, 0.1) is 11.7 Å². The number of halogens is 4. The maximum atomic E-state index is 12.9. The van der Waals surface area contributed by atoms with Crippen molar-refractivity contribution >= 4 is 17.4 Å². The molecule has 0 bridgehead atoms. The molecule has 1 aromatic carbocycles. The van der Waals surface area contributed by atoms with E-state index in [-0.39, 0.29) is 23.5 Å². The zero-order chi connectivity index (χ0) is 20.0. The summed E-state index contributed by atoms with van der Waals surface area (Å²) in [5.74, 6) is -0.701. The minimum absolute atomic E-state index is 0.220. The lowest BCUT2D eigenvalue weighted by Crippen LogP contribution is -2.20. The first-order valence-electron chi connectivity index (χ1n) is 8.19. The number of pyridine rings is 1. The number of rotatable bonds is 7. The van der Waals surface area contributed by atoms with Crippen LogP contribution in [0.2, 0.25) is 0 Å². The van der Waals surface area contributed by atoms with Gasteiger partial charge in [-0.1, -0.05) is 13.5 Å². The van der Waals surface area contributed by atoms with Crippen LogP contribution in [0.1, 0.15) is 25.3 Å². The predicted octanol–water partition coefficient (Wildman–Crippen LogP) is 5.22. The molecule has 1 atom stereocenters. The Bertz CT molecular complexity index is 786. The van der Waals surface area contributed by atoms with Crippen LogP contribution >= 0.6 is 0 Å². The Hall–Kier alpha value is -2.90. The van der Waals surface area contributed by atoms with Crippen molar-refractivity contribution in [3.8, 4) is 0 Å². The highest BCUT2D eigenvalue weighted by molar-refractivity contribution is 5.92. The molecule has 0 aliphatic carbocycles. The maximum absolute atomic E-state index is 12.9. The van der Waals surface area contributed by atoms with Gasteiger partial charge in [0.05, 0.1) is 5.56 Å². The smallest absolute Gasteiger partial charge is 0.344 e. The van der Waals surface area contributed by atoms with Crippen LogP contribution in [-0.4, -0.2) is 10.9 Å². The van der Waals surface area contributed by atoms with Crippen molar-refractivity contribution in [1.29, 1.82) is 0 Å². The van der Waals surface area contributed by atoms with Crippen molar-refractivity contribution in [2.24, 2.45) is 5.92 Å². The van der Waals surface area contributed by atoms with Crippen LogP contribution in [0.3, 0.4) is 0 Å². The molecule has 0 aliphatic heterocycles. The topological polar surface area (TPSA) is 54.0 Å². The number of alkyl halides is 3. The van der Waals surface area contributed by atoms with Crippen molar-refractivity contribution in [2.75, 3.05) is 10.6 Å². The molecule has 2 rings (SSSR count). The molecule has 27 heavy (non-hydrogen) atoms. The number of anilines is 2. The van der Waals surface area contributed by atoms with E-state index in [0.29, 0.717) is 24.2 Å². The van der Waals surface area contributed by atoms with E-state index < -0.39 is 11.7 Å². The second-order valence-electron chi connectivity index (χ2n) is 6.09. The summed E-state index contributed by atoms with van der Waals surface area (Å²) in [6, 6.07) is 7.60. The highest BCUT2D eigenvalue weighted by Gasteiger charge is 2.30. The van der Waals surface area contributed by atoms with E-state index >= 15 is 0 Å². The van der Waals surface area contributed by atoms with E-state index in [1.807, 2.05) is 0 Å². The van der Waals surface area contributed by atoms with Gasteiger partial charge >= 0.3 is 6.18 Å². The molecule has 0 radical (unpaired) electrons. The lowest BCUT2D eigenvalue weighted by atomic mass is 10.0. The third-order valence-electron chi connectivity index (χ3n) is 3.83. The molecule has 2 aromatic rings. The summed E-state index contributed by atoms with van der Waals surface area (Å²) in [4.78, 5) is 15.8. The molecule has 1 unspecified atom stereocenters. The van der Waals surface area contributed by atoms with Crippen molar-refractivity contribution < 1.29 is 22.4 Å². The lowest BCUT2D eigenvalue weighted by Gasteiger charge is -2.14. The van der Waals surface area contributed by atoms with Gasteiger partial charge in [0.15, 0.2) is 0 Å². The fourth-order valence-corrected chi connectivity index (χ4v) is 2.20. The summed E-state index contributed by atoms with van der Waals surface area (Å²) < 4.78 is 50.4. The van der Waals surface area contributed by atoms with Crippen LogP contribution in [0.5, 0.6) is 0 Å². The minimum Gasteiger partial charge on any atom is -0.344 e. The van der Waals surface area contributed by atoms with Crippen molar-refractivity contribution in [3.63, 3.8) is 0 Å². The van der Waals surface area contributed by atoms with E-state index in [2.05, 4.69) is 22.2 Å². The second-order valence-corrected chi connectivity index (χ2v) is 6.09. The van der Waals surface area contributed by atoms with Gasteiger partial charge in [-0.3, -0.25) is 4.79 Å². The first-order valence-corrected chi connectivity index (χ1v) is 8.19. The standard InChI is InChI=1S/C19H19F4N3O/c1-12(18(27)26-16-8-6-15(20)7-9-16)3-4-13(2)25-17-10-5-14(11-24-17)19(21,22)23/h5-12H,2-4H2,1H3,(H,24,25)(H,26,27). The third kappa shape index (κ3) is 6.40. The third-order valence-corrected chi connectivity index (χ3v) is 3.83. The predicted molar refractivity (Wildman–Crippen MR) is 95.4 cm³/mol. The highest BCUT2D eigenvalue weighted by atomic mass is 19.4. The normalized spacial score (nSPS) is 12.3. The second kappa shape index (κ2) is 8.66. The number of aromatic nitrogens is 1. The largest absolute Gasteiger partial charge is 0.417 e. The number of carbonyl (C=O) groups excluding carboxylic acids is 1. The summed E-state index contributed by atoms with van der Waals surface area (Å²) in [6.07, 6.45) is -2.79. The van der Waals surface area contributed by atoms with Gasteiger partial charge in [-0.15, -0.1) is 0 Å². The van der Waals surface area contributed by atoms with E-state index in [0.717, 1.165) is 12.3 Å². The Morgan fingerprint density at radius 1 is 1.15 bits per heavy atom. The van der Waals surface area contributed by atoms with Crippen LogP contribution in [-0.2, 0) is 11.0 Å². The average Bonchev–Trinajstić information content (AvgIpc) is 2.61. The zero-order valence-electron chi connectivity index (χ0n) is 14.6. The number of hydrogen-bond donors (Lipinski definition) is 2. The molecular formula is C19H19F4N3O. The van der Waals surface area contributed by atoms with E-state index in [1.54, 1.807) is 6.92 Å². The molecular weight excluding hydrogens is 362 g/mol. The molecule has 4 nitrogen and oxygen atoms in total. The van der Waals surface area contributed by atoms with Crippen molar-refractivity contribution in [2.45, 2.75) is 25.9 Å². The zero-order valence-corrected chi connectivity index (χ0v) is 14.6. The van der Waals surface area contributed by atoms with Gasteiger partial charge in [0.25, 0.3) is 0 Å². The van der Waals surface area contributed by atoms with Gasteiger partial charge in [0, 0.05) is 23.5 Å². The first-order chi connectivity index (χ1) is 12.6. The van der Waals surface area contributed by atoms with Crippen molar-refractivity contribution in [3.05, 3.63) is 66.3 Å². The monoisotopic (exact) mass is 381 g/mol. The van der Waals surface area contributed by atoms with Gasteiger partial charge in [0.2, 0.25) is 5.91 Å². The number of nitrogens with one attached hydrogen (secondary N) is 2. The van der Waals surface area contributed by atoms with E-state index in [4.69, 9.17) is 0 Å². The number of hydrogen-bond acceptors (Lipinski definition) is 3. The van der Waals surface area contributed by atoms with Crippen LogP contribution < -0.4 is 10.6 Å². The SMILES string of the molecule is C=C(CCC(C)C(=O)Nc1ccc(F)cc1)Nc1ccc(C(F)(F)F)cn1. The molecule has 2 N–H and O–H groups in total. The molecule has 1 aromatic heterocycles. The van der Waals surface area contributed by atoms with Crippen LogP contribution in [0.15, 0.2) is 54.9 Å². The summed E-state index contributed by atoms with van der Waals surface area (Å²) in [6.45, 7) is 5.54. The molecule has 1 heterocycles. The molecule has 0 aliphatic rings. The van der Waals surface area contributed by atoms with Gasteiger partial charge in [-0.05, 0) is 49.2 Å². The van der Waals surface area contributed by atoms with Gasteiger partial charge in [0.1, 0.15) is 11.6 Å². The molecule has 1 amide bonds. The Balaban J connectivity index is 1.80. The molecule has 144 valence electrons. The quantitative estimate of drug-likeness (QED) is 0.647. The molecule has 0 saturated carbocycles. The molecule has 0 saturated heterocycles. The average molecular weight is 381 g/mol. The fourth-order valence-electron chi connectivity index (χ4n) is 2.20. The first kappa shape index (κ1) is 20.4. The minimum atomic E-state index is -4.43. The lowest BCUT2D eigenvalue weighted by molar-refractivity contribution is -0.137. The molecule has 0 fully saturated rings. The fraction of sp³-hybridized carbons (Fsp3) is 0.263. The Morgan fingerprint density at radius 2 is 1.81 bits per heavy atom. The number of benzene rings is 1. The summed E-state index contributed by atoms with van der Waals surface area (Å²) >= 11 is 0.